The van der Waals surface area contributed by atoms with Crippen molar-refractivity contribution in [3.63, 3.8) is 0 Å². The second-order valence-electron chi connectivity index (χ2n) is 6.50. The maximum Gasteiger partial charge on any atom is 0.0554 e. The van der Waals surface area contributed by atoms with Crippen molar-refractivity contribution in [2.24, 2.45) is 5.92 Å². The predicted octanol–water partition coefficient (Wildman–Crippen LogP) is 5.78. The molecule has 0 fully saturated rings. The van der Waals surface area contributed by atoms with Crippen molar-refractivity contribution in [3.05, 3.63) is 75.8 Å². The molecule has 0 bridgehead atoms. The molecule has 2 aromatic rings. The van der Waals surface area contributed by atoms with Crippen LogP contribution in [0.5, 0.6) is 0 Å². The van der Waals surface area contributed by atoms with E-state index in [0.29, 0.717) is 17.9 Å². The zero-order valence-electron chi connectivity index (χ0n) is 12.9. The minimum atomic E-state index is 0.352. The monoisotopic (exact) mass is 309 g/mol. The molecule has 22 heavy (non-hydrogen) atoms. The largest absolute Gasteiger partial charge is 0.377 e. The van der Waals surface area contributed by atoms with Crippen molar-refractivity contribution >= 4 is 17.3 Å². The van der Waals surface area contributed by atoms with Crippen LogP contribution in [-0.4, -0.2) is 0 Å². The summed E-state index contributed by atoms with van der Waals surface area (Å²) in [6, 6.07) is 13.2. The number of allylic oxidation sites excluding steroid dienone is 2. The first kappa shape index (κ1) is 13.9. The molecule has 1 aliphatic heterocycles. The van der Waals surface area contributed by atoms with Crippen LogP contribution in [0.25, 0.3) is 0 Å². The van der Waals surface area contributed by atoms with E-state index in [4.69, 9.17) is 11.6 Å². The van der Waals surface area contributed by atoms with Gasteiger partial charge < -0.3 is 5.32 Å². The summed E-state index contributed by atoms with van der Waals surface area (Å²) in [5, 5.41) is 4.63. The Morgan fingerprint density at radius 1 is 1.05 bits per heavy atom. The van der Waals surface area contributed by atoms with Crippen LogP contribution in [-0.2, 0) is 0 Å². The molecule has 0 radical (unpaired) electrons. The molecule has 0 saturated heterocycles. The smallest absolute Gasteiger partial charge is 0.0554 e. The van der Waals surface area contributed by atoms with E-state index in [-0.39, 0.29) is 0 Å². The third-order valence-corrected chi connectivity index (χ3v) is 5.55. The standard InChI is InChI=1S/C20H20ClN/c1-12-6-11-18-16-4-3-5-17(16)20(22-19(18)13(12)2)14-7-9-15(21)10-8-14/h3-4,6-11,16-17,20,22H,5H2,1-2H3. The highest BCUT2D eigenvalue weighted by atomic mass is 35.5. The Kier molecular flexibility index (Phi) is 3.27. The summed E-state index contributed by atoms with van der Waals surface area (Å²) in [5.41, 5.74) is 6.83. The van der Waals surface area contributed by atoms with Gasteiger partial charge in [-0.2, -0.15) is 0 Å². The first-order chi connectivity index (χ1) is 10.6. The Bertz CT molecular complexity index is 745. The molecular weight excluding hydrogens is 290 g/mol. The zero-order chi connectivity index (χ0) is 15.3. The van der Waals surface area contributed by atoms with E-state index in [9.17, 15) is 0 Å². The highest BCUT2D eigenvalue weighted by Crippen LogP contribution is 2.50. The molecule has 2 aromatic carbocycles. The van der Waals surface area contributed by atoms with E-state index in [1.165, 1.54) is 27.9 Å². The summed E-state index contributed by atoms with van der Waals surface area (Å²) in [6.07, 6.45) is 5.86. The normalized spacial score (nSPS) is 25.5. The van der Waals surface area contributed by atoms with E-state index in [0.717, 1.165) is 11.4 Å². The molecule has 3 atom stereocenters. The molecule has 2 heteroatoms. The fourth-order valence-electron chi connectivity index (χ4n) is 3.92. The number of halogens is 1. The van der Waals surface area contributed by atoms with Crippen molar-refractivity contribution in [2.75, 3.05) is 5.32 Å². The molecule has 3 unspecified atom stereocenters. The summed E-state index contributed by atoms with van der Waals surface area (Å²) in [6.45, 7) is 4.41. The van der Waals surface area contributed by atoms with Crippen LogP contribution in [0.15, 0.2) is 48.6 Å². The number of aryl methyl sites for hydroxylation is 1. The molecule has 0 spiro atoms. The van der Waals surface area contributed by atoms with E-state index < -0.39 is 0 Å². The average Bonchev–Trinajstić information content (AvgIpc) is 3.01. The summed E-state index contributed by atoms with van der Waals surface area (Å²) >= 11 is 6.06. The average molecular weight is 310 g/mol. The van der Waals surface area contributed by atoms with Gasteiger partial charge in [0.25, 0.3) is 0 Å². The predicted molar refractivity (Wildman–Crippen MR) is 93.7 cm³/mol. The third-order valence-electron chi connectivity index (χ3n) is 5.30. The van der Waals surface area contributed by atoms with Crippen LogP contribution in [0.2, 0.25) is 5.02 Å². The Morgan fingerprint density at radius 3 is 2.59 bits per heavy atom. The molecule has 4 rings (SSSR count). The van der Waals surface area contributed by atoms with Crippen LogP contribution >= 0.6 is 11.6 Å². The Morgan fingerprint density at radius 2 is 1.82 bits per heavy atom. The van der Waals surface area contributed by atoms with E-state index in [1.807, 2.05) is 12.1 Å². The molecule has 1 nitrogen and oxygen atoms in total. The second kappa shape index (κ2) is 5.17. The minimum absolute atomic E-state index is 0.352. The summed E-state index contributed by atoms with van der Waals surface area (Å²) < 4.78 is 0. The lowest BCUT2D eigenvalue weighted by Gasteiger charge is -2.38. The first-order valence-corrected chi connectivity index (χ1v) is 8.31. The molecule has 112 valence electrons. The Hall–Kier alpha value is -1.73. The van der Waals surface area contributed by atoms with Gasteiger partial charge >= 0.3 is 0 Å². The van der Waals surface area contributed by atoms with Crippen LogP contribution in [0.1, 0.15) is 40.6 Å². The van der Waals surface area contributed by atoms with Crippen molar-refractivity contribution in [3.8, 4) is 0 Å². The van der Waals surface area contributed by atoms with Gasteiger partial charge in [0.05, 0.1) is 6.04 Å². The van der Waals surface area contributed by atoms with Gasteiger partial charge in [-0.25, -0.2) is 0 Å². The van der Waals surface area contributed by atoms with Crippen molar-refractivity contribution in [1.29, 1.82) is 0 Å². The fourth-order valence-corrected chi connectivity index (χ4v) is 4.04. The lowest BCUT2D eigenvalue weighted by atomic mass is 9.76. The Balaban J connectivity index is 1.82. The maximum atomic E-state index is 6.06. The van der Waals surface area contributed by atoms with Gasteiger partial charge in [0.2, 0.25) is 0 Å². The summed E-state index contributed by atoms with van der Waals surface area (Å²) in [7, 11) is 0. The Labute approximate surface area is 137 Å². The lowest BCUT2D eigenvalue weighted by molar-refractivity contribution is 0.425. The van der Waals surface area contributed by atoms with Gasteiger partial charge in [-0.3, -0.25) is 0 Å². The van der Waals surface area contributed by atoms with Gasteiger partial charge in [0, 0.05) is 16.6 Å². The van der Waals surface area contributed by atoms with Crippen LogP contribution in [0.3, 0.4) is 0 Å². The SMILES string of the molecule is Cc1ccc2c(c1C)NC(c1ccc(Cl)cc1)C1CC=CC21. The molecule has 2 aliphatic rings. The lowest BCUT2D eigenvalue weighted by Crippen LogP contribution is -2.29. The van der Waals surface area contributed by atoms with Gasteiger partial charge in [-0.05, 0) is 60.6 Å². The van der Waals surface area contributed by atoms with Crippen molar-refractivity contribution in [1.82, 2.24) is 0 Å². The number of anilines is 1. The minimum Gasteiger partial charge on any atom is -0.377 e. The van der Waals surface area contributed by atoms with Gasteiger partial charge in [-0.15, -0.1) is 0 Å². The number of fused-ring (bicyclic) bond motifs is 3. The van der Waals surface area contributed by atoms with Crippen LogP contribution < -0.4 is 5.32 Å². The quantitative estimate of drug-likeness (QED) is 0.658. The van der Waals surface area contributed by atoms with Gasteiger partial charge in [-0.1, -0.05) is 48.0 Å². The van der Waals surface area contributed by atoms with Gasteiger partial charge in [0.1, 0.15) is 0 Å². The summed E-state index contributed by atoms with van der Waals surface area (Å²) in [5.74, 6) is 1.12. The molecule has 1 N–H and O–H groups in total. The summed E-state index contributed by atoms with van der Waals surface area (Å²) in [4.78, 5) is 0. The van der Waals surface area contributed by atoms with Crippen LogP contribution in [0.4, 0.5) is 5.69 Å². The first-order valence-electron chi connectivity index (χ1n) is 7.94. The van der Waals surface area contributed by atoms with E-state index >= 15 is 0 Å². The number of rotatable bonds is 1. The molecule has 1 heterocycles. The second-order valence-corrected chi connectivity index (χ2v) is 6.94. The van der Waals surface area contributed by atoms with Crippen LogP contribution in [0, 0.1) is 19.8 Å². The number of nitrogens with one attached hydrogen (secondary N) is 1. The molecule has 1 aliphatic carbocycles. The number of hydrogen-bond acceptors (Lipinski definition) is 1. The maximum absolute atomic E-state index is 6.06. The zero-order valence-corrected chi connectivity index (χ0v) is 13.7. The van der Waals surface area contributed by atoms with Crippen molar-refractivity contribution < 1.29 is 0 Å². The molecular formula is C20H20ClN. The van der Waals surface area contributed by atoms with E-state index in [2.05, 4.69) is 55.6 Å². The fraction of sp³-hybridized carbons (Fsp3) is 0.300. The third kappa shape index (κ3) is 2.07. The topological polar surface area (TPSA) is 12.0 Å². The highest BCUT2D eigenvalue weighted by Gasteiger charge is 2.38. The number of benzene rings is 2. The molecule has 0 saturated carbocycles. The highest BCUT2D eigenvalue weighted by molar-refractivity contribution is 6.30. The van der Waals surface area contributed by atoms with E-state index in [1.54, 1.807) is 0 Å². The molecule has 0 aromatic heterocycles. The number of hydrogen-bond donors (Lipinski definition) is 1. The van der Waals surface area contributed by atoms with Gasteiger partial charge in [0.15, 0.2) is 0 Å². The van der Waals surface area contributed by atoms with Crippen molar-refractivity contribution in [2.45, 2.75) is 32.2 Å². The molecule has 0 amide bonds.